The molecule has 10 atom stereocenters. The standard InChI is InChI=1S/C24H33N2O4.BrH/c1-4-13-14-10-17-21-24(15-8-6-7-9-16(15)25(21)3)11-18(20(14)22(24)28)26(17,23(13)29)12-19(27)30-5-2;/h6-9,13-14,17-18,20-23,28-29H,4-5,10-12H2,1-3H3;1H/q+1;/p-1/t13?,14-,17?,18-,20?,21?,22-,23+,24?,26?;/m0./s1. The van der Waals surface area contributed by atoms with Crippen molar-refractivity contribution in [1.29, 1.82) is 0 Å². The fourth-order valence-electron chi connectivity index (χ4n) is 9.13. The zero-order valence-corrected chi connectivity index (χ0v) is 20.0. The molecule has 0 aromatic heterocycles. The van der Waals surface area contributed by atoms with Gasteiger partial charge in [0.2, 0.25) is 0 Å². The molecule has 1 aliphatic carbocycles. The first kappa shape index (κ1) is 21.7. The van der Waals surface area contributed by atoms with E-state index in [2.05, 4.69) is 43.1 Å². The SMILES string of the molecule is CCOC(=O)C[N+]12C3C[C@@H](C(CC)[C@H]1O)C1[C@H](O)C4(C[C@@H]12)c1ccccc1N(C)C34.[Br-]. The summed E-state index contributed by atoms with van der Waals surface area (Å²) in [5, 5.41) is 23.7. The number of quaternary nitrogens is 1. The Kier molecular flexibility index (Phi) is 4.84. The van der Waals surface area contributed by atoms with Gasteiger partial charge >= 0.3 is 5.97 Å². The predicted molar refractivity (Wildman–Crippen MR) is 112 cm³/mol. The lowest BCUT2D eigenvalue weighted by Gasteiger charge is -2.67. The number of anilines is 1. The first-order chi connectivity index (χ1) is 14.4. The highest BCUT2D eigenvalue weighted by atomic mass is 79.9. The van der Waals surface area contributed by atoms with Gasteiger partial charge in [-0.2, -0.15) is 0 Å². The lowest BCUT2D eigenvalue weighted by molar-refractivity contribution is -1.03. The number of benzene rings is 1. The van der Waals surface area contributed by atoms with E-state index in [0.29, 0.717) is 17.0 Å². The number of carbonyl (C=O) groups is 1. The third-order valence-corrected chi connectivity index (χ3v) is 9.83. The first-order valence-corrected chi connectivity index (χ1v) is 11.6. The number of rotatable bonds is 4. The second-order valence-electron chi connectivity index (χ2n) is 10.3. The van der Waals surface area contributed by atoms with Crippen molar-refractivity contribution >= 4 is 11.7 Å². The minimum absolute atomic E-state index is 0. The zero-order valence-electron chi connectivity index (χ0n) is 18.4. The Hall–Kier alpha value is -1.15. The van der Waals surface area contributed by atoms with Crippen LogP contribution in [0.5, 0.6) is 0 Å². The lowest BCUT2D eigenvalue weighted by Crippen LogP contribution is -3.00. The molecule has 5 fully saturated rings. The Labute approximate surface area is 194 Å². The van der Waals surface area contributed by atoms with Gasteiger partial charge in [0.15, 0.2) is 12.8 Å². The molecule has 4 saturated heterocycles. The minimum atomic E-state index is -0.565. The van der Waals surface area contributed by atoms with Crippen LogP contribution in [0.2, 0.25) is 0 Å². The van der Waals surface area contributed by atoms with Crippen molar-refractivity contribution in [2.45, 2.75) is 69.0 Å². The topological polar surface area (TPSA) is 70.0 Å². The van der Waals surface area contributed by atoms with Crippen LogP contribution in [0.1, 0.15) is 38.7 Å². The van der Waals surface area contributed by atoms with Crippen LogP contribution in [0, 0.1) is 17.8 Å². The van der Waals surface area contributed by atoms with E-state index >= 15 is 0 Å². The second kappa shape index (κ2) is 6.92. The average Bonchev–Trinajstić information content (AvgIpc) is 3.11. The Bertz CT molecular complexity index is 913. The molecule has 6 nitrogen and oxygen atoms in total. The number of aliphatic hydroxyl groups is 2. The molecule has 1 aromatic rings. The van der Waals surface area contributed by atoms with Gasteiger partial charge < -0.3 is 36.8 Å². The fraction of sp³-hybridized carbons (Fsp3) is 0.708. The van der Waals surface area contributed by atoms with E-state index in [-0.39, 0.29) is 64.9 Å². The number of fused-ring (bicyclic) bond motifs is 2. The molecule has 31 heavy (non-hydrogen) atoms. The van der Waals surface area contributed by atoms with Gasteiger partial charge in [-0.15, -0.1) is 0 Å². The van der Waals surface area contributed by atoms with E-state index in [1.165, 1.54) is 11.3 Å². The number of aliphatic hydroxyl groups excluding tert-OH is 2. The molecule has 1 spiro atoms. The van der Waals surface area contributed by atoms with Gasteiger partial charge in [0.05, 0.1) is 30.2 Å². The highest BCUT2D eigenvalue weighted by molar-refractivity contribution is 5.71. The summed E-state index contributed by atoms with van der Waals surface area (Å²) < 4.78 is 5.81. The maximum absolute atomic E-state index is 12.8. The summed E-state index contributed by atoms with van der Waals surface area (Å²) >= 11 is 0. The number of esters is 1. The second-order valence-corrected chi connectivity index (χ2v) is 10.3. The number of nitrogens with zero attached hydrogens (tertiary/aromatic N) is 2. The van der Waals surface area contributed by atoms with Crippen molar-refractivity contribution in [2.75, 3.05) is 25.1 Å². The normalized spacial score (nSPS) is 47.7. The molecule has 5 aliphatic heterocycles. The highest BCUT2D eigenvalue weighted by Gasteiger charge is 2.83. The molecule has 5 bridgehead atoms. The van der Waals surface area contributed by atoms with Crippen LogP contribution in [-0.2, 0) is 14.9 Å². The molecule has 2 N–H and O–H groups in total. The third-order valence-electron chi connectivity index (χ3n) is 9.83. The van der Waals surface area contributed by atoms with E-state index in [0.717, 1.165) is 19.3 Å². The quantitative estimate of drug-likeness (QED) is 0.401. The summed E-state index contributed by atoms with van der Waals surface area (Å²) in [6.45, 7) is 4.55. The van der Waals surface area contributed by atoms with Crippen molar-refractivity contribution < 1.29 is 41.2 Å². The van der Waals surface area contributed by atoms with E-state index in [9.17, 15) is 15.0 Å². The Morgan fingerprint density at radius 1 is 1.26 bits per heavy atom. The van der Waals surface area contributed by atoms with Crippen LogP contribution < -0.4 is 21.9 Å². The summed E-state index contributed by atoms with van der Waals surface area (Å²) in [4.78, 5) is 15.2. The maximum atomic E-state index is 12.8. The summed E-state index contributed by atoms with van der Waals surface area (Å²) in [5.41, 5.74) is 2.17. The molecule has 6 aliphatic rings. The summed E-state index contributed by atoms with van der Waals surface area (Å²) in [7, 11) is 2.14. The number of piperidine rings is 4. The molecule has 0 amide bonds. The van der Waals surface area contributed by atoms with Crippen molar-refractivity contribution in [1.82, 2.24) is 0 Å². The highest BCUT2D eigenvalue weighted by Crippen LogP contribution is 2.71. The number of halogens is 1. The molecular formula is C24H33BrN2O4. The van der Waals surface area contributed by atoms with Gasteiger partial charge in [-0.25, -0.2) is 4.79 Å². The van der Waals surface area contributed by atoms with Crippen molar-refractivity contribution in [2.24, 2.45) is 17.8 Å². The van der Waals surface area contributed by atoms with Crippen LogP contribution in [-0.4, -0.2) is 71.3 Å². The van der Waals surface area contributed by atoms with E-state index in [1.807, 2.05) is 6.92 Å². The van der Waals surface area contributed by atoms with Gasteiger partial charge in [0.25, 0.3) is 0 Å². The zero-order chi connectivity index (χ0) is 21.0. The van der Waals surface area contributed by atoms with E-state index in [4.69, 9.17) is 4.74 Å². The number of likely N-dealkylation sites (N-methyl/N-ethyl adjacent to an activating group) is 1. The minimum Gasteiger partial charge on any atom is -1.00 e. The Morgan fingerprint density at radius 3 is 2.71 bits per heavy atom. The fourth-order valence-corrected chi connectivity index (χ4v) is 9.13. The average molecular weight is 493 g/mol. The summed E-state index contributed by atoms with van der Waals surface area (Å²) in [6, 6.07) is 8.84. The Balaban J connectivity index is 0.00000204. The molecular weight excluding hydrogens is 460 g/mol. The molecule has 5 heterocycles. The van der Waals surface area contributed by atoms with Gasteiger partial charge in [-0.05, 0) is 30.9 Å². The summed E-state index contributed by atoms with van der Waals surface area (Å²) in [6.07, 6.45) is 1.69. The molecule has 6 unspecified atom stereocenters. The van der Waals surface area contributed by atoms with Gasteiger partial charge in [0, 0.05) is 37.4 Å². The molecule has 1 saturated carbocycles. The Morgan fingerprint density at radius 2 is 2.00 bits per heavy atom. The molecule has 7 rings (SSSR count). The van der Waals surface area contributed by atoms with Crippen molar-refractivity contribution in [3.8, 4) is 0 Å². The van der Waals surface area contributed by atoms with Crippen LogP contribution >= 0.6 is 0 Å². The van der Waals surface area contributed by atoms with Crippen molar-refractivity contribution in [3.05, 3.63) is 29.8 Å². The molecule has 1 aromatic carbocycles. The van der Waals surface area contributed by atoms with Gasteiger partial charge in [0.1, 0.15) is 6.04 Å². The van der Waals surface area contributed by atoms with Crippen LogP contribution in [0.4, 0.5) is 5.69 Å². The number of carbonyl (C=O) groups excluding carboxylic acids is 1. The van der Waals surface area contributed by atoms with Crippen LogP contribution in [0.3, 0.4) is 0 Å². The predicted octanol–water partition coefficient (Wildman–Crippen LogP) is -1.36. The number of para-hydroxylation sites is 1. The van der Waals surface area contributed by atoms with Crippen LogP contribution in [0.15, 0.2) is 24.3 Å². The van der Waals surface area contributed by atoms with E-state index in [1.54, 1.807) is 0 Å². The first-order valence-electron chi connectivity index (χ1n) is 11.6. The van der Waals surface area contributed by atoms with Crippen LogP contribution in [0.25, 0.3) is 0 Å². The number of hydrogen-bond acceptors (Lipinski definition) is 5. The molecule has 7 heteroatoms. The van der Waals surface area contributed by atoms with E-state index < -0.39 is 12.3 Å². The lowest BCUT2D eigenvalue weighted by atomic mass is 9.60. The largest absolute Gasteiger partial charge is 1.00 e. The van der Waals surface area contributed by atoms with Gasteiger partial charge in [-0.1, -0.05) is 25.1 Å². The van der Waals surface area contributed by atoms with Gasteiger partial charge in [-0.3, -0.25) is 4.48 Å². The maximum Gasteiger partial charge on any atom is 0.361 e. The van der Waals surface area contributed by atoms with Crippen molar-refractivity contribution in [3.63, 3.8) is 0 Å². The number of hydrogen-bond donors (Lipinski definition) is 2. The molecule has 170 valence electrons. The summed E-state index contributed by atoms with van der Waals surface area (Å²) in [5.74, 6) is 0.361. The smallest absolute Gasteiger partial charge is 0.361 e. The number of ether oxygens (including phenoxy) is 1. The molecule has 0 radical (unpaired) electrons. The monoisotopic (exact) mass is 492 g/mol. The third kappa shape index (κ3) is 2.22.